The van der Waals surface area contributed by atoms with E-state index in [1.807, 2.05) is 60.7 Å². The lowest BCUT2D eigenvalue weighted by atomic mass is 9.94. The van der Waals surface area contributed by atoms with Gasteiger partial charge in [0.2, 0.25) is 0 Å². The van der Waals surface area contributed by atoms with Crippen LogP contribution in [0.1, 0.15) is 47.9 Å². The summed E-state index contributed by atoms with van der Waals surface area (Å²) >= 11 is 0. The van der Waals surface area contributed by atoms with Gasteiger partial charge in [0.25, 0.3) is 0 Å². The molecule has 162 valence electrons. The first-order valence-electron chi connectivity index (χ1n) is 11.1. The standard InChI is InChI=1S/C28H28N2O2/c29-17-21-15-19-9-5-7-11-23(19)25(27(21)31)13-3-1-2-4-14-26-24-12-8-6-10-20(24)16-22(18-30)28(26)32/h5-12,15-18,29-32H,1-4,13-14H2. The van der Waals surface area contributed by atoms with E-state index in [2.05, 4.69) is 0 Å². The molecular formula is C28H28N2O2. The lowest BCUT2D eigenvalue weighted by Gasteiger charge is -2.13. The Balaban J connectivity index is 1.41. The molecule has 4 N–H and O–H groups in total. The molecule has 0 saturated carbocycles. The van der Waals surface area contributed by atoms with Crippen molar-refractivity contribution in [3.8, 4) is 11.5 Å². The predicted octanol–water partition coefficient (Wildman–Crippen LogP) is 6.75. The summed E-state index contributed by atoms with van der Waals surface area (Å²) in [6.07, 6.45) is 7.90. The van der Waals surface area contributed by atoms with Gasteiger partial charge in [-0.1, -0.05) is 61.4 Å². The summed E-state index contributed by atoms with van der Waals surface area (Å²) in [5.41, 5.74) is 2.96. The maximum Gasteiger partial charge on any atom is 0.128 e. The summed E-state index contributed by atoms with van der Waals surface area (Å²) in [6, 6.07) is 19.7. The number of nitrogens with one attached hydrogen (secondary N) is 2. The first-order valence-corrected chi connectivity index (χ1v) is 11.1. The lowest BCUT2D eigenvalue weighted by molar-refractivity contribution is 0.464. The number of aromatic hydroxyl groups is 2. The summed E-state index contributed by atoms with van der Waals surface area (Å²) in [4.78, 5) is 0. The van der Waals surface area contributed by atoms with Crippen molar-refractivity contribution in [2.75, 3.05) is 0 Å². The van der Waals surface area contributed by atoms with Crippen LogP contribution in [0.4, 0.5) is 0 Å². The Hall–Kier alpha value is -3.66. The minimum absolute atomic E-state index is 0.221. The molecule has 4 aromatic carbocycles. The minimum atomic E-state index is 0.221. The highest BCUT2D eigenvalue weighted by atomic mass is 16.3. The second kappa shape index (κ2) is 9.65. The van der Waals surface area contributed by atoms with Crippen LogP contribution < -0.4 is 0 Å². The number of unbranched alkanes of at least 4 members (excludes halogenated alkanes) is 3. The number of phenols is 2. The molecule has 0 fully saturated rings. The fourth-order valence-electron chi connectivity index (χ4n) is 4.55. The maximum absolute atomic E-state index is 10.6. The average molecular weight is 425 g/mol. The van der Waals surface area contributed by atoms with Gasteiger partial charge in [-0.3, -0.25) is 0 Å². The molecule has 0 atom stereocenters. The van der Waals surface area contributed by atoms with E-state index in [0.717, 1.165) is 71.2 Å². The van der Waals surface area contributed by atoms with E-state index in [0.29, 0.717) is 11.1 Å². The molecule has 0 amide bonds. The van der Waals surface area contributed by atoms with Gasteiger partial charge >= 0.3 is 0 Å². The summed E-state index contributed by atoms with van der Waals surface area (Å²) in [7, 11) is 0. The van der Waals surface area contributed by atoms with E-state index in [1.54, 1.807) is 0 Å². The Kier molecular flexibility index (Phi) is 6.50. The van der Waals surface area contributed by atoms with Gasteiger partial charge in [-0.25, -0.2) is 0 Å². The largest absolute Gasteiger partial charge is 0.507 e. The molecule has 0 radical (unpaired) electrons. The molecule has 32 heavy (non-hydrogen) atoms. The van der Waals surface area contributed by atoms with Crippen molar-refractivity contribution in [1.82, 2.24) is 0 Å². The van der Waals surface area contributed by atoms with Crippen molar-refractivity contribution in [3.63, 3.8) is 0 Å². The zero-order chi connectivity index (χ0) is 22.5. The number of benzene rings is 4. The van der Waals surface area contributed by atoms with E-state index in [1.165, 1.54) is 12.4 Å². The van der Waals surface area contributed by atoms with Crippen molar-refractivity contribution in [3.05, 3.63) is 82.9 Å². The van der Waals surface area contributed by atoms with Crippen LogP contribution in [0.2, 0.25) is 0 Å². The fourth-order valence-corrected chi connectivity index (χ4v) is 4.55. The van der Waals surface area contributed by atoms with Crippen molar-refractivity contribution in [2.24, 2.45) is 0 Å². The van der Waals surface area contributed by atoms with E-state index in [9.17, 15) is 10.2 Å². The fraction of sp³-hybridized carbons (Fsp3) is 0.214. The average Bonchev–Trinajstić information content (AvgIpc) is 2.82. The molecule has 0 aromatic heterocycles. The number of rotatable bonds is 9. The topological polar surface area (TPSA) is 88.2 Å². The molecule has 0 aliphatic heterocycles. The van der Waals surface area contributed by atoms with Crippen LogP contribution in [0.5, 0.6) is 11.5 Å². The smallest absolute Gasteiger partial charge is 0.128 e. The summed E-state index contributed by atoms with van der Waals surface area (Å²) in [5.74, 6) is 0.442. The minimum Gasteiger partial charge on any atom is -0.507 e. The molecule has 0 saturated heterocycles. The molecular weight excluding hydrogens is 396 g/mol. The molecule has 0 aliphatic carbocycles. The van der Waals surface area contributed by atoms with Gasteiger partial charge in [-0.05, 0) is 59.4 Å². The highest BCUT2D eigenvalue weighted by Gasteiger charge is 2.13. The van der Waals surface area contributed by atoms with E-state index in [4.69, 9.17) is 10.8 Å². The first kappa shape index (κ1) is 21.6. The normalized spacial score (nSPS) is 11.1. The third-order valence-corrected chi connectivity index (χ3v) is 6.23. The lowest BCUT2D eigenvalue weighted by Crippen LogP contribution is -1.95. The van der Waals surface area contributed by atoms with Gasteiger partial charge in [0.05, 0.1) is 0 Å². The second-order valence-electron chi connectivity index (χ2n) is 8.23. The number of phenolic OH excluding ortho intramolecular Hbond substituents is 2. The van der Waals surface area contributed by atoms with E-state index >= 15 is 0 Å². The Morgan fingerprint density at radius 2 is 1.00 bits per heavy atom. The van der Waals surface area contributed by atoms with Crippen LogP contribution in [0.15, 0.2) is 60.7 Å². The molecule has 0 spiro atoms. The molecule has 4 nitrogen and oxygen atoms in total. The Morgan fingerprint density at radius 3 is 1.41 bits per heavy atom. The summed E-state index contributed by atoms with van der Waals surface area (Å²) in [6.45, 7) is 0. The summed E-state index contributed by atoms with van der Waals surface area (Å²) in [5, 5.41) is 40.6. The van der Waals surface area contributed by atoms with Crippen LogP contribution in [0, 0.1) is 10.8 Å². The van der Waals surface area contributed by atoms with Crippen molar-refractivity contribution in [1.29, 1.82) is 10.8 Å². The van der Waals surface area contributed by atoms with Crippen molar-refractivity contribution < 1.29 is 10.2 Å². The van der Waals surface area contributed by atoms with Crippen LogP contribution in [-0.4, -0.2) is 22.6 Å². The number of aryl methyl sites for hydroxylation is 2. The predicted molar refractivity (Wildman–Crippen MR) is 133 cm³/mol. The van der Waals surface area contributed by atoms with Gasteiger partial charge in [-0.15, -0.1) is 0 Å². The molecule has 0 aliphatic rings. The molecule has 4 aromatic rings. The van der Waals surface area contributed by atoms with Crippen LogP contribution in [-0.2, 0) is 12.8 Å². The highest BCUT2D eigenvalue weighted by molar-refractivity contribution is 5.96. The summed E-state index contributed by atoms with van der Waals surface area (Å²) < 4.78 is 0. The third-order valence-electron chi connectivity index (χ3n) is 6.23. The monoisotopic (exact) mass is 424 g/mol. The maximum atomic E-state index is 10.6. The number of hydrogen-bond acceptors (Lipinski definition) is 4. The number of fused-ring (bicyclic) bond motifs is 2. The van der Waals surface area contributed by atoms with Crippen molar-refractivity contribution >= 4 is 34.0 Å². The van der Waals surface area contributed by atoms with Crippen LogP contribution >= 0.6 is 0 Å². The van der Waals surface area contributed by atoms with Crippen molar-refractivity contribution in [2.45, 2.75) is 38.5 Å². The van der Waals surface area contributed by atoms with Gasteiger partial charge in [0, 0.05) is 34.7 Å². The van der Waals surface area contributed by atoms with Gasteiger partial charge in [0.15, 0.2) is 0 Å². The Labute approximate surface area is 188 Å². The zero-order valence-electron chi connectivity index (χ0n) is 18.1. The van der Waals surface area contributed by atoms with Gasteiger partial charge < -0.3 is 21.0 Å². The molecule has 0 heterocycles. The molecule has 4 heteroatoms. The second-order valence-corrected chi connectivity index (χ2v) is 8.23. The van der Waals surface area contributed by atoms with Gasteiger partial charge in [-0.2, -0.15) is 0 Å². The van der Waals surface area contributed by atoms with Crippen LogP contribution in [0.25, 0.3) is 21.5 Å². The highest BCUT2D eigenvalue weighted by Crippen LogP contribution is 2.33. The Morgan fingerprint density at radius 1 is 0.594 bits per heavy atom. The van der Waals surface area contributed by atoms with Gasteiger partial charge in [0.1, 0.15) is 11.5 Å². The Bertz CT molecular complexity index is 1190. The quantitative estimate of drug-likeness (QED) is 0.177. The molecule has 0 bridgehead atoms. The van der Waals surface area contributed by atoms with E-state index in [-0.39, 0.29) is 11.5 Å². The number of hydrogen-bond donors (Lipinski definition) is 4. The van der Waals surface area contributed by atoms with Crippen LogP contribution in [0.3, 0.4) is 0 Å². The van der Waals surface area contributed by atoms with E-state index < -0.39 is 0 Å². The molecule has 4 rings (SSSR count). The SMILES string of the molecule is N=Cc1cc2ccccc2c(CCCCCCc2c(O)c(C=N)cc3ccccc23)c1O. The first-order chi connectivity index (χ1) is 15.6. The zero-order valence-corrected chi connectivity index (χ0v) is 18.1. The third kappa shape index (κ3) is 4.22. The molecule has 0 unspecified atom stereocenters.